The van der Waals surface area contributed by atoms with Gasteiger partial charge in [0.1, 0.15) is 6.54 Å². The summed E-state index contributed by atoms with van der Waals surface area (Å²) in [6.07, 6.45) is 3.31. The third-order valence-electron chi connectivity index (χ3n) is 4.23. The van der Waals surface area contributed by atoms with Crippen molar-refractivity contribution in [3.63, 3.8) is 0 Å². The van der Waals surface area contributed by atoms with Crippen LogP contribution in [0.25, 0.3) is 0 Å². The Morgan fingerprint density at radius 2 is 1.88 bits per heavy atom. The van der Waals surface area contributed by atoms with E-state index in [1.54, 1.807) is 26.9 Å². The summed E-state index contributed by atoms with van der Waals surface area (Å²) in [5.41, 5.74) is 2.56. The van der Waals surface area contributed by atoms with E-state index in [1.807, 2.05) is 45.0 Å². The molecule has 1 aliphatic rings. The number of benzene rings is 1. The van der Waals surface area contributed by atoms with Gasteiger partial charge in [0, 0.05) is 31.0 Å². The van der Waals surface area contributed by atoms with Crippen molar-refractivity contribution < 1.29 is 9.59 Å². The zero-order valence-electron chi connectivity index (χ0n) is 14.3. The van der Waals surface area contributed by atoms with E-state index in [2.05, 4.69) is 5.10 Å². The molecule has 1 aliphatic heterocycles. The van der Waals surface area contributed by atoms with Crippen LogP contribution in [0.1, 0.15) is 35.8 Å². The van der Waals surface area contributed by atoms with E-state index in [4.69, 9.17) is 0 Å². The first kappa shape index (κ1) is 16.2. The smallest absolute Gasteiger partial charge is 0.257 e. The Balaban J connectivity index is 1.69. The SMILES string of the molecule is Cc1ccc(N2CCN(C(=O)c3cnn(C(C)C)c3)CC2=O)cc1. The maximum atomic E-state index is 12.6. The quantitative estimate of drug-likeness (QED) is 0.869. The van der Waals surface area contributed by atoms with Crippen molar-refractivity contribution in [1.82, 2.24) is 14.7 Å². The van der Waals surface area contributed by atoms with Crippen LogP contribution in [0.2, 0.25) is 0 Å². The maximum absolute atomic E-state index is 12.6. The standard InChI is InChI=1S/C18H22N4O2/c1-13(2)22-11-15(10-19-22)18(24)20-8-9-21(17(23)12-20)16-6-4-14(3)5-7-16/h4-7,10-11,13H,8-9,12H2,1-3H3. The average molecular weight is 326 g/mol. The third kappa shape index (κ3) is 3.18. The van der Waals surface area contributed by atoms with Gasteiger partial charge in [-0.1, -0.05) is 17.7 Å². The van der Waals surface area contributed by atoms with Gasteiger partial charge >= 0.3 is 0 Å². The number of hydrogen-bond donors (Lipinski definition) is 0. The second kappa shape index (κ2) is 6.47. The molecule has 24 heavy (non-hydrogen) atoms. The molecule has 126 valence electrons. The summed E-state index contributed by atoms with van der Waals surface area (Å²) < 4.78 is 1.75. The predicted molar refractivity (Wildman–Crippen MR) is 92.0 cm³/mol. The van der Waals surface area contributed by atoms with Gasteiger partial charge in [0.25, 0.3) is 5.91 Å². The molecule has 0 bridgehead atoms. The van der Waals surface area contributed by atoms with Crippen LogP contribution in [-0.2, 0) is 4.79 Å². The van der Waals surface area contributed by atoms with E-state index in [1.165, 1.54) is 0 Å². The normalized spacial score (nSPS) is 15.2. The van der Waals surface area contributed by atoms with Crippen molar-refractivity contribution in [2.45, 2.75) is 26.8 Å². The fourth-order valence-electron chi connectivity index (χ4n) is 2.76. The van der Waals surface area contributed by atoms with Crippen molar-refractivity contribution in [3.05, 3.63) is 47.8 Å². The predicted octanol–water partition coefficient (Wildman–Crippen LogP) is 2.26. The Morgan fingerprint density at radius 1 is 1.17 bits per heavy atom. The first-order valence-electron chi connectivity index (χ1n) is 8.16. The number of carbonyl (C=O) groups excluding carboxylic acids is 2. The number of hydrogen-bond acceptors (Lipinski definition) is 3. The molecule has 0 spiro atoms. The van der Waals surface area contributed by atoms with E-state index in [9.17, 15) is 9.59 Å². The average Bonchev–Trinajstić information content (AvgIpc) is 3.05. The summed E-state index contributed by atoms with van der Waals surface area (Å²) >= 11 is 0. The van der Waals surface area contributed by atoms with Gasteiger partial charge in [-0.15, -0.1) is 0 Å². The largest absolute Gasteiger partial charge is 0.327 e. The van der Waals surface area contributed by atoms with Crippen LogP contribution in [0.5, 0.6) is 0 Å². The highest BCUT2D eigenvalue weighted by Gasteiger charge is 2.29. The van der Waals surface area contributed by atoms with Gasteiger partial charge in [-0.25, -0.2) is 0 Å². The molecule has 1 aromatic carbocycles. The molecule has 0 radical (unpaired) electrons. The zero-order valence-corrected chi connectivity index (χ0v) is 14.3. The Bertz CT molecular complexity index is 749. The van der Waals surface area contributed by atoms with Crippen molar-refractivity contribution >= 4 is 17.5 Å². The lowest BCUT2D eigenvalue weighted by atomic mass is 10.2. The monoisotopic (exact) mass is 326 g/mol. The van der Waals surface area contributed by atoms with E-state index in [-0.39, 0.29) is 24.4 Å². The number of aryl methyl sites for hydroxylation is 1. The molecule has 2 heterocycles. The molecular weight excluding hydrogens is 304 g/mol. The van der Waals surface area contributed by atoms with Crippen molar-refractivity contribution in [1.29, 1.82) is 0 Å². The highest BCUT2D eigenvalue weighted by Crippen LogP contribution is 2.19. The summed E-state index contributed by atoms with van der Waals surface area (Å²) in [7, 11) is 0. The highest BCUT2D eigenvalue weighted by molar-refractivity contribution is 6.01. The molecule has 2 amide bonds. The molecule has 3 rings (SSSR count). The fourth-order valence-corrected chi connectivity index (χ4v) is 2.76. The molecule has 0 unspecified atom stereocenters. The number of aromatic nitrogens is 2. The lowest BCUT2D eigenvalue weighted by Crippen LogP contribution is -2.52. The number of piperazine rings is 1. The summed E-state index contributed by atoms with van der Waals surface area (Å²) in [5.74, 6) is -0.200. The van der Waals surface area contributed by atoms with Crippen LogP contribution < -0.4 is 4.90 Å². The second-order valence-corrected chi connectivity index (χ2v) is 6.41. The van der Waals surface area contributed by atoms with Crippen molar-refractivity contribution in [2.24, 2.45) is 0 Å². The van der Waals surface area contributed by atoms with Crippen LogP contribution in [0.4, 0.5) is 5.69 Å². The molecule has 6 nitrogen and oxygen atoms in total. The van der Waals surface area contributed by atoms with E-state index in [0.717, 1.165) is 11.3 Å². The van der Waals surface area contributed by atoms with Gasteiger partial charge in [-0.3, -0.25) is 14.3 Å². The van der Waals surface area contributed by atoms with Gasteiger partial charge in [-0.05, 0) is 32.9 Å². The number of nitrogens with zero attached hydrogens (tertiary/aromatic N) is 4. The number of anilines is 1. The minimum Gasteiger partial charge on any atom is -0.327 e. The van der Waals surface area contributed by atoms with Crippen molar-refractivity contribution in [3.8, 4) is 0 Å². The lowest BCUT2D eigenvalue weighted by molar-refractivity contribution is -0.120. The zero-order chi connectivity index (χ0) is 17.3. The third-order valence-corrected chi connectivity index (χ3v) is 4.23. The maximum Gasteiger partial charge on any atom is 0.257 e. The topological polar surface area (TPSA) is 58.4 Å². The fraction of sp³-hybridized carbons (Fsp3) is 0.389. The van der Waals surface area contributed by atoms with Crippen LogP contribution in [0.3, 0.4) is 0 Å². The minimum atomic E-state index is -0.140. The van der Waals surface area contributed by atoms with Crippen LogP contribution in [-0.4, -0.2) is 46.1 Å². The molecule has 0 atom stereocenters. The molecule has 1 fully saturated rings. The number of carbonyl (C=O) groups is 2. The van der Waals surface area contributed by atoms with Crippen LogP contribution in [0, 0.1) is 6.92 Å². The van der Waals surface area contributed by atoms with E-state index in [0.29, 0.717) is 18.7 Å². The summed E-state index contributed by atoms with van der Waals surface area (Å²) in [5, 5.41) is 4.20. The van der Waals surface area contributed by atoms with Crippen molar-refractivity contribution in [2.75, 3.05) is 24.5 Å². The summed E-state index contributed by atoms with van der Waals surface area (Å²) in [6.45, 7) is 7.15. The van der Waals surface area contributed by atoms with Gasteiger partial charge < -0.3 is 9.80 Å². The molecule has 6 heteroatoms. The molecular formula is C18H22N4O2. The molecule has 1 aromatic heterocycles. The van der Waals surface area contributed by atoms with Gasteiger partial charge in [0.2, 0.25) is 5.91 Å². The molecule has 0 saturated carbocycles. The minimum absolute atomic E-state index is 0.0605. The summed E-state index contributed by atoms with van der Waals surface area (Å²) in [4.78, 5) is 28.4. The number of amides is 2. The van der Waals surface area contributed by atoms with E-state index >= 15 is 0 Å². The first-order chi connectivity index (χ1) is 11.5. The molecule has 2 aromatic rings. The highest BCUT2D eigenvalue weighted by atomic mass is 16.2. The van der Waals surface area contributed by atoms with Crippen LogP contribution >= 0.6 is 0 Å². The summed E-state index contributed by atoms with van der Waals surface area (Å²) in [6, 6.07) is 8.06. The van der Waals surface area contributed by atoms with E-state index < -0.39 is 0 Å². The number of rotatable bonds is 3. The molecule has 0 N–H and O–H groups in total. The van der Waals surface area contributed by atoms with Gasteiger partial charge in [0.05, 0.1) is 11.8 Å². The molecule has 0 aliphatic carbocycles. The Kier molecular flexibility index (Phi) is 4.38. The molecule has 1 saturated heterocycles. The van der Waals surface area contributed by atoms with Gasteiger partial charge in [-0.2, -0.15) is 5.10 Å². The Hall–Kier alpha value is -2.63. The van der Waals surface area contributed by atoms with Crippen LogP contribution in [0.15, 0.2) is 36.7 Å². The Morgan fingerprint density at radius 3 is 2.46 bits per heavy atom. The lowest BCUT2D eigenvalue weighted by Gasteiger charge is -2.34. The first-order valence-corrected chi connectivity index (χ1v) is 8.16. The second-order valence-electron chi connectivity index (χ2n) is 6.41. The Labute approximate surface area is 141 Å². The van der Waals surface area contributed by atoms with Gasteiger partial charge in [0.15, 0.2) is 0 Å².